The Morgan fingerprint density at radius 2 is 2.00 bits per heavy atom. The summed E-state index contributed by atoms with van der Waals surface area (Å²) in [6, 6.07) is 0.0212. The SMILES string of the molecule is CC(C)C(C)N(C(=O)OC(C)(C)C)c1ncc(Br)s1. The maximum absolute atomic E-state index is 12.4. The fourth-order valence-electron chi connectivity index (χ4n) is 1.39. The van der Waals surface area contributed by atoms with Crippen molar-refractivity contribution in [3.63, 3.8) is 0 Å². The van der Waals surface area contributed by atoms with Gasteiger partial charge in [-0.25, -0.2) is 14.7 Å². The molecule has 0 aliphatic carbocycles. The molecular weight excluding hydrogens is 328 g/mol. The Morgan fingerprint density at radius 1 is 1.42 bits per heavy atom. The van der Waals surface area contributed by atoms with Crippen molar-refractivity contribution in [2.75, 3.05) is 4.90 Å². The lowest BCUT2D eigenvalue weighted by molar-refractivity contribution is 0.0560. The Morgan fingerprint density at radius 3 is 2.37 bits per heavy atom. The van der Waals surface area contributed by atoms with Gasteiger partial charge in [-0.1, -0.05) is 25.2 Å². The summed E-state index contributed by atoms with van der Waals surface area (Å²) in [6.45, 7) is 11.7. The number of carbonyl (C=O) groups excluding carboxylic acids is 1. The van der Waals surface area contributed by atoms with E-state index < -0.39 is 5.60 Å². The van der Waals surface area contributed by atoms with Crippen LogP contribution in [0.5, 0.6) is 0 Å². The van der Waals surface area contributed by atoms with Crippen LogP contribution in [-0.2, 0) is 4.74 Å². The smallest absolute Gasteiger partial charge is 0.416 e. The molecule has 0 radical (unpaired) electrons. The lowest BCUT2D eigenvalue weighted by Gasteiger charge is -2.31. The summed E-state index contributed by atoms with van der Waals surface area (Å²) >= 11 is 4.80. The zero-order valence-corrected chi connectivity index (χ0v) is 14.6. The van der Waals surface area contributed by atoms with Gasteiger partial charge in [0, 0.05) is 6.04 Å². The highest BCUT2D eigenvalue weighted by molar-refractivity contribution is 9.11. The molecule has 0 aromatic carbocycles. The second-order valence-corrected chi connectivity index (χ2v) is 8.17. The molecule has 1 amide bonds. The summed E-state index contributed by atoms with van der Waals surface area (Å²) in [7, 11) is 0. The number of anilines is 1. The Kier molecular flexibility index (Phi) is 5.38. The molecule has 1 aromatic heterocycles. The van der Waals surface area contributed by atoms with E-state index >= 15 is 0 Å². The standard InChI is InChI=1S/C13H21BrN2O2S/c1-8(2)9(3)16(11-15-7-10(14)19-11)12(17)18-13(4,5)6/h7-9H,1-6H3. The van der Waals surface area contributed by atoms with Crippen molar-refractivity contribution in [1.29, 1.82) is 0 Å². The van der Waals surface area contributed by atoms with Gasteiger partial charge in [-0.05, 0) is 49.5 Å². The predicted molar refractivity (Wildman–Crippen MR) is 82.8 cm³/mol. The number of halogens is 1. The van der Waals surface area contributed by atoms with Gasteiger partial charge in [0.2, 0.25) is 0 Å². The van der Waals surface area contributed by atoms with E-state index in [1.54, 1.807) is 11.1 Å². The van der Waals surface area contributed by atoms with Crippen molar-refractivity contribution in [2.24, 2.45) is 5.92 Å². The van der Waals surface area contributed by atoms with E-state index in [-0.39, 0.29) is 12.1 Å². The molecule has 108 valence electrons. The first kappa shape index (κ1) is 16.4. The molecule has 1 unspecified atom stereocenters. The number of hydrogen-bond donors (Lipinski definition) is 0. The van der Waals surface area contributed by atoms with E-state index in [9.17, 15) is 4.79 Å². The Bertz CT molecular complexity index is 440. The Hall–Kier alpha value is -0.620. The van der Waals surface area contributed by atoms with Gasteiger partial charge in [0.15, 0.2) is 5.13 Å². The molecule has 1 aromatic rings. The van der Waals surface area contributed by atoms with Gasteiger partial charge in [0.05, 0.1) is 9.98 Å². The fraction of sp³-hybridized carbons (Fsp3) is 0.692. The van der Waals surface area contributed by atoms with Crippen LogP contribution < -0.4 is 4.90 Å². The molecule has 0 N–H and O–H groups in total. The molecule has 6 heteroatoms. The lowest BCUT2D eigenvalue weighted by Crippen LogP contribution is -2.44. The number of aromatic nitrogens is 1. The van der Waals surface area contributed by atoms with Crippen molar-refractivity contribution in [3.8, 4) is 0 Å². The summed E-state index contributed by atoms with van der Waals surface area (Å²) in [5.74, 6) is 0.315. The molecular formula is C13H21BrN2O2S. The van der Waals surface area contributed by atoms with E-state index in [0.29, 0.717) is 11.0 Å². The highest BCUT2D eigenvalue weighted by Gasteiger charge is 2.30. The van der Waals surface area contributed by atoms with Crippen molar-refractivity contribution < 1.29 is 9.53 Å². The monoisotopic (exact) mass is 348 g/mol. The van der Waals surface area contributed by atoms with Gasteiger partial charge in [0.25, 0.3) is 0 Å². The third-order valence-electron chi connectivity index (χ3n) is 2.63. The lowest BCUT2D eigenvalue weighted by atomic mass is 10.1. The quantitative estimate of drug-likeness (QED) is 0.795. The van der Waals surface area contributed by atoms with Crippen molar-refractivity contribution in [3.05, 3.63) is 9.98 Å². The first-order chi connectivity index (χ1) is 8.61. The van der Waals surface area contributed by atoms with Crippen LogP contribution in [0.15, 0.2) is 9.98 Å². The first-order valence-corrected chi connectivity index (χ1v) is 7.86. The van der Waals surface area contributed by atoms with Gasteiger partial charge in [-0.2, -0.15) is 0 Å². The molecule has 19 heavy (non-hydrogen) atoms. The van der Waals surface area contributed by atoms with Gasteiger partial charge in [-0.3, -0.25) is 0 Å². The Balaban J connectivity index is 3.03. The molecule has 1 rings (SSSR count). The molecule has 0 spiro atoms. The molecule has 0 bridgehead atoms. The van der Waals surface area contributed by atoms with Gasteiger partial charge >= 0.3 is 6.09 Å². The second kappa shape index (κ2) is 6.22. The zero-order chi connectivity index (χ0) is 14.8. The van der Waals surface area contributed by atoms with Crippen molar-refractivity contribution in [1.82, 2.24) is 4.98 Å². The summed E-state index contributed by atoms with van der Waals surface area (Å²) in [6.07, 6.45) is 1.35. The van der Waals surface area contributed by atoms with Gasteiger partial charge in [0.1, 0.15) is 5.60 Å². The molecule has 0 saturated carbocycles. The van der Waals surface area contributed by atoms with Crippen LogP contribution in [-0.4, -0.2) is 22.7 Å². The molecule has 0 aliphatic rings. The van der Waals surface area contributed by atoms with Crippen LogP contribution in [0, 0.1) is 5.92 Å². The number of thiazole rings is 1. The van der Waals surface area contributed by atoms with Crippen molar-refractivity contribution in [2.45, 2.75) is 53.2 Å². The van der Waals surface area contributed by atoms with Crippen LogP contribution in [0.3, 0.4) is 0 Å². The average Bonchev–Trinajstić information content (AvgIpc) is 2.61. The Labute approximate surface area is 127 Å². The van der Waals surface area contributed by atoms with E-state index in [4.69, 9.17) is 4.74 Å². The minimum atomic E-state index is -0.513. The summed E-state index contributed by atoms with van der Waals surface area (Å²) < 4.78 is 6.37. The third-order valence-corrected chi connectivity index (χ3v) is 4.11. The third kappa shape index (κ3) is 4.76. The van der Waals surface area contributed by atoms with Crippen LogP contribution in [0.25, 0.3) is 0 Å². The van der Waals surface area contributed by atoms with E-state index in [1.807, 2.05) is 27.7 Å². The van der Waals surface area contributed by atoms with E-state index in [0.717, 1.165) is 3.79 Å². The number of rotatable bonds is 3. The number of ether oxygens (including phenoxy) is 1. The topological polar surface area (TPSA) is 42.4 Å². The molecule has 0 saturated heterocycles. The van der Waals surface area contributed by atoms with Gasteiger partial charge in [-0.15, -0.1) is 0 Å². The minimum Gasteiger partial charge on any atom is -0.443 e. The van der Waals surface area contributed by atoms with Crippen molar-refractivity contribution >= 4 is 38.5 Å². The number of hydrogen-bond acceptors (Lipinski definition) is 4. The number of carbonyl (C=O) groups is 1. The summed E-state index contributed by atoms with van der Waals surface area (Å²) in [5.41, 5.74) is -0.513. The van der Waals surface area contributed by atoms with Crippen LogP contribution in [0.4, 0.5) is 9.93 Å². The molecule has 0 fully saturated rings. The van der Waals surface area contributed by atoms with E-state index in [2.05, 4.69) is 34.8 Å². The number of nitrogens with zero attached hydrogens (tertiary/aromatic N) is 2. The largest absolute Gasteiger partial charge is 0.443 e. The molecule has 4 nitrogen and oxygen atoms in total. The van der Waals surface area contributed by atoms with E-state index in [1.165, 1.54) is 11.3 Å². The summed E-state index contributed by atoms with van der Waals surface area (Å²) in [5, 5.41) is 0.655. The molecule has 1 atom stereocenters. The maximum atomic E-state index is 12.4. The van der Waals surface area contributed by atoms with Crippen LogP contribution >= 0.6 is 27.3 Å². The highest BCUT2D eigenvalue weighted by atomic mass is 79.9. The van der Waals surface area contributed by atoms with Gasteiger partial charge < -0.3 is 4.74 Å². The molecule has 1 heterocycles. The summed E-state index contributed by atoms with van der Waals surface area (Å²) in [4.78, 5) is 18.3. The van der Waals surface area contributed by atoms with Crippen LogP contribution in [0.2, 0.25) is 0 Å². The van der Waals surface area contributed by atoms with Crippen LogP contribution in [0.1, 0.15) is 41.5 Å². The average molecular weight is 349 g/mol. The minimum absolute atomic E-state index is 0.0212. The normalized spacial score (nSPS) is 13.5. The second-order valence-electron chi connectivity index (χ2n) is 5.78. The zero-order valence-electron chi connectivity index (χ0n) is 12.2. The fourth-order valence-corrected chi connectivity index (χ4v) is 2.65. The first-order valence-electron chi connectivity index (χ1n) is 6.25. The predicted octanol–water partition coefficient (Wildman–Crippen LogP) is 4.69. The maximum Gasteiger partial charge on any atom is 0.416 e. The molecule has 0 aliphatic heterocycles. The highest BCUT2D eigenvalue weighted by Crippen LogP contribution is 2.30. The number of amides is 1.